The molecule has 0 atom stereocenters. The summed E-state index contributed by atoms with van der Waals surface area (Å²) in [4.78, 5) is 28.5. The van der Waals surface area contributed by atoms with Gasteiger partial charge in [-0.3, -0.25) is 14.5 Å². The van der Waals surface area contributed by atoms with Crippen LogP contribution in [0.1, 0.15) is 65.8 Å². The van der Waals surface area contributed by atoms with Crippen LogP contribution < -0.4 is 9.47 Å². The van der Waals surface area contributed by atoms with Crippen molar-refractivity contribution in [2.75, 3.05) is 26.3 Å². The maximum atomic E-state index is 13.5. The molecular formula is C42H45NO6. The molecular weight excluding hydrogens is 614 g/mol. The average Bonchev–Trinajstić information content (AvgIpc) is 3.81. The zero-order chi connectivity index (χ0) is 33.7. The van der Waals surface area contributed by atoms with Crippen LogP contribution in [-0.2, 0) is 29.1 Å². The predicted octanol–water partition coefficient (Wildman–Crippen LogP) is 8.63. The molecule has 6 rings (SSSR count). The summed E-state index contributed by atoms with van der Waals surface area (Å²) in [5.41, 5.74) is 3.83. The molecule has 49 heavy (non-hydrogen) atoms. The average molecular weight is 660 g/mol. The molecule has 1 heterocycles. The van der Waals surface area contributed by atoms with Gasteiger partial charge in [0, 0.05) is 24.8 Å². The monoisotopic (exact) mass is 659 g/mol. The molecule has 0 N–H and O–H groups in total. The van der Waals surface area contributed by atoms with Crippen LogP contribution >= 0.6 is 0 Å². The summed E-state index contributed by atoms with van der Waals surface area (Å²) in [7, 11) is 0. The van der Waals surface area contributed by atoms with Gasteiger partial charge in [-0.15, -0.1) is 0 Å². The summed E-state index contributed by atoms with van der Waals surface area (Å²) in [5, 5.41) is 0.827. The third-order valence-corrected chi connectivity index (χ3v) is 8.89. The number of carbonyl (C=O) groups is 2. The van der Waals surface area contributed by atoms with Gasteiger partial charge in [-0.2, -0.15) is 0 Å². The van der Waals surface area contributed by atoms with E-state index in [0.717, 1.165) is 46.4 Å². The number of nitrogens with zero attached hydrogens (tertiary/aromatic N) is 1. The zero-order valence-electron chi connectivity index (χ0n) is 28.1. The number of ether oxygens (including phenoxy) is 3. The SMILES string of the molecule is O=C(CCCN(CC(=O)c1cc2cc(OCCOC3CCCC3)ccc2o1)Cc1ccccc1)Cc1ccc(OCc2ccccc2)cc1. The van der Waals surface area contributed by atoms with Crippen LogP contribution in [0.3, 0.4) is 0 Å². The van der Waals surface area contributed by atoms with Gasteiger partial charge >= 0.3 is 0 Å². The Hall–Kier alpha value is -4.72. The summed E-state index contributed by atoms with van der Waals surface area (Å²) >= 11 is 0. The third-order valence-electron chi connectivity index (χ3n) is 8.89. The number of carbonyl (C=O) groups excluding carboxylic acids is 2. The molecule has 0 unspecified atom stereocenters. The van der Waals surface area contributed by atoms with Crippen molar-refractivity contribution in [1.82, 2.24) is 4.90 Å². The largest absolute Gasteiger partial charge is 0.491 e. The van der Waals surface area contributed by atoms with Gasteiger partial charge in [0.1, 0.15) is 36.1 Å². The van der Waals surface area contributed by atoms with Crippen LogP contribution in [-0.4, -0.2) is 48.9 Å². The van der Waals surface area contributed by atoms with Crippen molar-refractivity contribution in [3.05, 3.63) is 132 Å². The lowest BCUT2D eigenvalue weighted by Crippen LogP contribution is -2.30. The summed E-state index contributed by atoms with van der Waals surface area (Å²) in [6.07, 6.45) is 6.60. The highest BCUT2D eigenvalue weighted by Gasteiger charge is 2.19. The molecule has 1 aromatic heterocycles. The minimum absolute atomic E-state index is 0.0968. The molecule has 7 nitrogen and oxygen atoms in total. The van der Waals surface area contributed by atoms with E-state index >= 15 is 0 Å². The number of fused-ring (bicyclic) bond motifs is 1. The van der Waals surface area contributed by atoms with E-state index in [1.54, 1.807) is 6.07 Å². The normalized spacial score (nSPS) is 13.2. The van der Waals surface area contributed by atoms with E-state index < -0.39 is 0 Å². The van der Waals surface area contributed by atoms with Crippen LogP contribution in [0.2, 0.25) is 0 Å². The maximum Gasteiger partial charge on any atom is 0.211 e. The topological polar surface area (TPSA) is 78.2 Å². The predicted molar refractivity (Wildman–Crippen MR) is 191 cm³/mol. The number of ketones is 2. The first-order chi connectivity index (χ1) is 24.1. The number of benzene rings is 4. The highest BCUT2D eigenvalue weighted by molar-refractivity contribution is 5.99. The molecule has 1 aliphatic carbocycles. The molecule has 1 saturated carbocycles. The van der Waals surface area contributed by atoms with Gasteiger partial charge in [-0.1, -0.05) is 85.6 Å². The first kappa shape index (κ1) is 34.2. The fourth-order valence-corrected chi connectivity index (χ4v) is 6.27. The standard InChI is InChI=1S/C42H45NO6/c44-36(26-32-17-19-38(20-18-32)48-31-34-12-5-2-6-13-34)14-9-23-43(29-33-10-3-1-4-11-33)30-40(45)42-28-35-27-39(21-22-41(35)49-42)47-25-24-46-37-15-7-8-16-37/h1-6,10-13,17-22,27-28,37H,7-9,14-16,23-26,29-31H2. The van der Waals surface area contributed by atoms with Gasteiger partial charge < -0.3 is 18.6 Å². The van der Waals surface area contributed by atoms with Crippen molar-refractivity contribution in [1.29, 1.82) is 0 Å². The summed E-state index contributed by atoms with van der Waals surface area (Å²) in [6.45, 7) is 2.96. The molecule has 254 valence electrons. The van der Waals surface area contributed by atoms with Crippen LogP contribution in [0.25, 0.3) is 11.0 Å². The molecule has 0 bridgehead atoms. The summed E-state index contributed by atoms with van der Waals surface area (Å²) in [5.74, 6) is 1.90. The van der Waals surface area contributed by atoms with Crippen molar-refractivity contribution in [3.8, 4) is 11.5 Å². The smallest absolute Gasteiger partial charge is 0.211 e. The Kier molecular flexibility index (Phi) is 12.3. The highest BCUT2D eigenvalue weighted by Crippen LogP contribution is 2.26. The van der Waals surface area contributed by atoms with Crippen molar-refractivity contribution in [2.45, 2.75) is 64.2 Å². The van der Waals surface area contributed by atoms with Crippen molar-refractivity contribution in [3.63, 3.8) is 0 Å². The van der Waals surface area contributed by atoms with Crippen LogP contribution in [0.5, 0.6) is 11.5 Å². The van der Waals surface area contributed by atoms with Crippen molar-refractivity contribution >= 4 is 22.5 Å². The fourth-order valence-electron chi connectivity index (χ4n) is 6.27. The Morgan fingerprint density at radius 3 is 2.20 bits per heavy atom. The van der Waals surface area contributed by atoms with Gasteiger partial charge in [-0.25, -0.2) is 0 Å². The summed E-state index contributed by atoms with van der Waals surface area (Å²) < 4.78 is 23.7. The van der Waals surface area contributed by atoms with E-state index in [1.807, 2.05) is 91.0 Å². The zero-order valence-corrected chi connectivity index (χ0v) is 28.1. The van der Waals surface area contributed by atoms with Gasteiger partial charge in [0.15, 0.2) is 5.76 Å². The summed E-state index contributed by atoms with van der Waals surface area (Å²) in [6, 6.07) is 35.3. The van der Waals surface area contributed by atoms with E-state index in [-0.39, 0.29) is 18.1 Å². The quantitative estimate of drug-likeness (QED) is 0.0649. The molecule has 1 aliphatic rings. The number of hydrogen-bond acceptors (Lipinski definition) is 7. The third kappa shape index (κ3) is 10.6. The molecule has 0 aliphatic heterocycles. The number of furan rings is 1. The van der Waals surface area contributed by atoms with E-state index in [4.69, 9.17) is 18.6 Å². The molecule has 5 aromatic rings. The second-order valence-electron chi connectivity index (χ2n) is 12.8. The minimum Gasteiger partial charge on any atom is -0.491 e. The molecule has 4 aromatic carbocycles. The number of hydrogen-bond donors (Lipinski definition) is 0. The fraction of sp³-hybridized carbons (Fsp3) is 0.333. The first-order valence-corrected chi connectivity index (χ1v) is 17.4. The number of Topliss-reactive ketones (excluding diaryl/α,β-unsaturated/α-hetero) is 2. The lowest BCUT2D eigenvalue weighted by Gasteiger charge is -2.21. The maximum absolute atomic E-state index is 13.5. The van der Waals surface area contributed by atoms with Crippen molar-refractivity contribution < 1.29 is 28.2 Å². The van der Waals surface area contributed by atoms with E-state index in [9.17, 15) is 9.59 Å². The Bertz CT molecular complexity index is 1760. The lowest BCUT2D eigenvalue weighted by atomic mass is 10.1. The molecule has 0 spiro atoms. The lowest BCUT2D eigenvalue weighted by molar-refractivity contribution is -0.118. The molecule has 1 fully saturated rings. The van der Waals surface area contributed by atoms with Crippen LogP contribution in [0, 0.1) is 0 Å². The van der Waals surface area contributed by atoms with Crippen LogP contribution in [0.4, 0.5) is 0 Å². The van der Waals surface area contributed by atoms with Gasteiger partial charge in [0.25, 0.3) is 0 Å². The first-order valence-electron chi connectivity index (χ1n) is 17.4. The van der Waals surface area contributed by atoms with Gasteiger partial charge in [-0.05, 0) is 78.9 Å². The Morgan fingerprint density at radius 1 is 0.735 bits per heavy atom. The second-order valence-corrected chi connectivity index (χ2v) is 12.8. The van der Waals surface area contributed by atoms with Crippen molar-refractivity contribution in [2.24, 2.45) is 0 Å². The minimum atomic E-state index is -0.0968. The van der Waals surface area contributed by atoms with E-state index in [2.05, 4.69) is 17.0 Å². The molecule has 0 radical (unpaired) electrons. The van der Waals surface area contributed by atoms with Gasteiger partial charge in [0.2, 0.25) is 5.78 Å². The van der Waals surface area contributed by atoms with E-state index in [1.165, 1.54) is 12.8 Å². The van der Waals surface area contributed by atoms with Gasteiger partial charge in [0.05, 0.1) is 19.3 Å². The Balaban J connectivity index is 0.989. The highest BCUT2D eigenvalue weighted by atomic mass is 16.5. The Labute approximate surface area is 288 Å². The molecule has 0 amide bonds. The molecule has 7 heteroatoms. The molecule has 0 saturated heterocycles. The number of rotatable bonds is 19. The Morgan fingerprint density at radius 2 is 1.45 bits per heavy atom. The van der Waals surface area contributed by atoms with Crippen LogP contribution in [0.15, 0.2) is 114 Å². The second kappa shape index (κ2) is 17.6. The van der Waals surface area contributed by atoms with E-state index in [0.29, 0.717) is 69.6 Å².